The minimum atomic E-state index is -0.106. The van der Waals surface area contributed by atoms with Gasteiger partial charge in [0.1, 0.15) is 0 Å². The van der Waals surface area contributed by atoms with E-state index >= 15 is 0 Å². The van der Waals surface area contributed by atoms with Crippen molar-refractivity contribution in [3.05, 3.63) is 0 Å². The Hall–Kier alpha value is -0.650. The van der Waals surface area contributed by atoms with Crippen molar-refractivity contribution in [3.63, 3.8) is 0 Å². The summed E-state index contributed by atoms with van der Waals surface area (Å²) in [7, 11) is 0. The Morgan fingerprint density at radius 3 is 2.33 bits per heavy atom. The molecule has 1 amide bonds. The van der Waals surface area contributed by atoms with Crippen LogP contribution in [0.25, 0.3) is 0 Å². The average Bonchev–Trinajstić information content (AvgIpc) is 2.72. The van der Waals surface area contributed by atoms with Crippen molar-refractivity contribution < 1.29 is 9.90 Å². The molecule has 0 atom stereocenters. The van der Waals surface area contributed by atoms with Crippen LogP contribution in [0.2, 0.25) is 0 Å². The fraction of sp³-hybridized carbons (Fsp3) is 0.905. The van der Waals surface area contributed by atoms with Gasteiger partial charge in [-0.1, -0.05) is 6.92 Å². The lowest BCUT2D eigenvalue weighted by molar-refractivity contribution is -0.122. The van der Waals surface area contributed by atoms with Crippen LogP contribution in [-0.4, -0.2) is 97.8 Å². The maximum absolute atomic E-state index is 11.9. The predicted octanol–water partition coefficient (Wildman–Crippen LogP) is 0.997. The maximum Gasteiger partial charge on any atom is 0.234 e. The second kappa shape index (κ2) is 16.0. The zero-order valence-electron chi connectivity index (χ0n) is 18.9. The van der Waals surface area contributed by atoms with Crippen molar-refractivity contribution in [2.45, 2.75) is 64.5 Å². The van der Waals surface area contributed by atoms with Gasteiger partial charge in [-0.15, -0.1) is 24.0 Å². The van der Waals surface area contributed by atoms with Crippen LogP contribution in [0.1, 0.15) is 52.4 Å². The molecule has 2 fully saturated rings. The molecule has 8 nitrogen and oxygen atoms in total. The molecule has 0 aromatic carbocycles. The SMILES string of the molecule is CCCNC(=O)CN1CCC(NC(=NCCCN2CCC(O)CC2)NCC)CC1.I. The molecule has 9 heteroatoms. The minimum absolute atomic E-state index is 0. The van der Waals surface area contributed by atoms with Gasteiger partial charge in [0.2, 0.25) is 5.91 Å². The Morgan fingerprint density at radius 1 is 1.03 bits per heavy atom. The Labute approximate surface area is 199 Å². The molecule has 4 N–H and O–H groups in total. The molecule has 2 aliphatic heterocycles. The standard InChI is InChI=1S/C21H42N6O2.HI/c1-3-10-23-20(29)17-27-13-6-18(7-14-27)25-21(22-4-2)24-11-5-12-26-15-8-19(28)9-16-26;/h18-19,28H,3-17H2,1-2H3,(H,23,29)(H2,22,24,25);1H. The Kier molecular flexibility index (Phi) is 14.6. The van der Waals surface area contributed by atoms with Crippen LogP contribution < -0.4 is 16.0 Å². The van der Waals surface area contributed by atoms with Crippen molar-refractivity contribution in [2.75, 3.05) is 58.9 Å². The number of hydrogen-bond acceptors (Lipinski definition) is 5. The maximum atomic E-state index is 11.9. The van der Waals surface area contributed by atoms with Gasteiger partial charge in [0.15, 0.2) is 5.96 Å². The number of rotatable bonds is 10. The molecule has 0 bridgehead atoms. The van der Waals surface area contributed by atoms with E-state index in [0.29, 0.717) is 12.6 Å². The van der Waals surface area contributed by atoms with Crippen LogP contribution in [0.15, 0.2) is 4.99 Å². The number of carbonyl (C=O) groups excluding carboxylic acids is 1. The first kappa shape index (κ1) is 27.4. The van der Waals surface area contributed by atoms with Crippen LogP contribution in [0.3, 0.4) is 0 Å². The monoisotopic (exact) mass is 538 g/mol. The summed E-state index contributed by atoms with van der Waals surface area (Å²) in [4.78, 5) is 21.3. The number of guanidine groups is 1. The van der Waals surface area contributed by atoms with E-state index in [1.54, 1.807) is 0 Å². The quantitative estimate of drug-likeness (QED) is 0.144. The number of piperidine rings is 2. The third kappa shape index (κ3) is 11.1. The Balaban J connectivity index is 0.00000450. The molecule has 0 spiro atoms. The topological polar surface area (TPSA) is 92.2 Å². The van der Waals surface area contributed by atoms with E-state index in [2.05, 4.69) is 39.6 Å². The first-order valence-electron chi connectivity index (χ1n) is 11.5. The zero-order valence-corrected chi connectivity index (χ0v) is 21.2. The summed E-state index contributed by atoms with van der Waals surface area (Å²) in [5.41, 5.74) is 0. The Morgan fingerprint density at radius 2 is 1.70 bits per heavy atom. The average molecular weight is 539 g/mol. The number of carbonyl (C=O) groups is 1. The lowest BCUT2D eigenvalue weighted by atomic mass is 10.1. The van der Waals surface area contributed by atoms with Crippen molar-refractivity contribution in [1.82, 2.24) is 25.8 Å². The number of halogens is 1. The fourth-order valence-electron chi connectivity index (χ4n) is 3.90. The van der Waals surface area contributed by atoms with Gasteiger partial charge < -0.3 is 26.0 Å². The minimum Gasteiger partial charge on any atom is -0.393 e. The van der Waals surface area contributed by atoms with Crippen molar-refractivity contribution in [3.8, 4) is 0 Å². The molecule has 0 aliphatic carbocycles. The fourth-order valence-corrected chi connectivity index (χ4v) is 3.90. The third-order valence-corrected chi connectivity index (χ3v) is 5.67. The molecular weight excluding hydrogens is 495 g/mol. The van der Waals surface area contributed by atoms with E-state index in [0.717, 1.165) is 96.8 Å². The summed E-state index contributed by atoms with van der Waals surface area (Å²) in [6.07, 6.45) is 5.76. The number of nitrogens with zero attached hydrogens (tertiary/aromatic N) is 3. The highest BCUT2D eigenvalue weighted by molar-refractivity contribution is 14.0. The van der Waals surface area contributed by atoms with Crippen LogP contribution in [0, 0.1) is 0 Å². The molecule has 0 radical (unpaired) electrons. The van der Waals surface area contributed by atoms with E-state index in [1.807, 2.05) is 0 Å². The van der Waals surface area contributed by atoms with E-state index < -0.39 is 0 Å². The van der Waals surface area contributed by atoms with Crippen LogP contribution in [0.5, 0.6) is 0 Å². The smallest absolute Gasteiger partial charge is 0.234 e. The Bertz CT molecular complexity index is 492. The van der Waals surface area contributed by atoms with Gasteiger partial charge in [0.05, 0.1) is 12.6 Å². The summed E-state index contributed by atoms with van der Waals surface area (Å²) in [5, 5.41) is 19.5. The number of nitrogens with one attached hydrogen (secondary N) is 3. The normalized spacial score (nSPS) is 19.9. The first-order valence-corrected chi connectivity index (χ1v) is 11.5. The molecule has 0 unspecified atom stereocenters. The van der Waals surface area contributed by atoms with Gasteiger partial charge >= 0.3 is 0 Å². The van der Waals surface area contributed by atoms with Gasteiger partial charge in [0, 0.05) is 51.9 Å². The number of amides is 1. The highest BCUT2D eigenvalue weighted by atomic mass is 127. The van der Waals surface area contributed by atoms with Crippen LogP contribution in [-0.2, 0) is 4.79 Å². The summed E-state index contributed by atoms with van der Waals surface area (Å²) in [6.45, 7) is 12.0. The lowest BCUT2D eigenvalue weighted by Gasteiger charge is -2.32. The predicted molar refractivity (Wildman–Crippen MR) is 134 cm³/mol. The van der Waals surface area contributed by atoms with E-state index in [-0.39, 0.29) is 36.0 Å². The second-order valence-corrected chi connectivity index (χ2v) is 8.23. The van der Waals surface area contributed by atoms with E-state index in [9.17, 15) is 9.90 Å². The number of hydrogen-bond donors (Lipinski definition) is 4. The molecule has 2 saturated heterocycles. The second-order valence-electron chi connectivity index (χ2n) is 8.23. The third-order valence-electron chi connectivity index (χ3n) is 5.67. The molecule has 2 aliphatic rings. The van der Waals surface area contributed by atoms with Gasteiger partial charge in [-0.25, -0.2) is 0 Å². The zero-order chi connectivity index (χ0) is 20.9. The summed E-state index contributed by atoms with van der Waals surface area (Å²) in [5.74, 6) is 1.04. The highest BCUT2D eigenvalue weighted by Gasteiger charge is 2.21. The number of likely N-dealkylation sites (tertiary alicyclic amines) is 2. The molecule has 0 aromatic heterocycles. The molecule has 0 aromatic rings. The van der Waals surface area contributed by atoms with Gasteiger partial charge in [-0.3, -0.25) is 14.7 Å². The van der Waals surface area contributed by atoms with Gasteiger partial charge in [-0.2, -0.15) is 0 Å². The first-order chi connectivity index (χ1) is 14.1. The lowest BCUT2D eigenvalue weighted by Crippen LogP contribution is -2.50. The number of aliphatic hydroxyl groups is 1. The van der Waals surface area contributed by atoms with Gasteiger partial charge in [0.25, 0.3) is 0 Å². The molecule has 2 rings (SSSR count). The number of aliphatic imine (C=N–C) groups is 1. The van der Waals surface area contributed by atoms with Gasteiger partial charge in [-0.05, 0) is 52.0 Å². The molecular formula is C21H43IN6O2. The highest BCUT2D eigenvalue weighted by Crippen LogP contribution is 2.11. The largest absolute Gasteiger partial charge is 0.393 e. The van der Waals surface area contributed by atoms with E-state index in [4.69, 9.17) is 4.99 Å². The van der Waals surface area contributed by atoms with Crippen LogP contribution in [0.4, 0.5) is 0 Å². The molecule has 30 heavy (non-hydrogen) atoms. The van der Waals surface area contributed by atoms with Crippen molar-refractivity contribution in [1.29, 1.82) is 0 Å². The molecule has 2 heterocycles. The summed E-state index contributed by atoms with van der Waals surface area (Å²) in [6, 6.07) is 0.409. The van der Waals surface area contributed by atoms with Crippen molar-refractivity contribution >= 4 is 35.8 Å². The summed E-state index contributed by atoms with van der Waals surface area (Å²) >= 11 is 0. The molecule has 0 saturated carbocycles. The molecule has 176 valence electrons. The van der Waals surface area contributed by atoms with Crippen molar-refractivity contribution in [2.24, 2.45) is 4.99 Å². The van der Waals surface area contributed by atoms with E-state index in [1.165, 1.54) is 0 Å². The summed E-state index contributed by atoms with van der Waals surface area (Å²) < 4.78 is 0. The number of aliphatic hydroxyl groups excluding tert-OH is 1. The van der Waals surface area contributed by atoms with Crippen LogP contribution >= 0.6 is 24.0 Å².